The Hall–Kier alpha value is -1.10. The van der Waals surface area contributed by atoms with E-state index in [0.717, 1.165) is 21.9 Å². The molecule has 0 aliphatic rings. The molecule has 1 aromatic rings. The summed E-state index contributed by atoms with van der Waals surface area (Å²) in [5.41, 5.74) is 1.91. The van der Waals surface area contributed by atoms with E-state index >= 15 is 0 Å². The molecule has 0 spiro atoms. The Balaban J connectivity index is 2.78. The minimum atomic E-state index is -0.939. The second kappa shape index (κ2) is 4.41. The van der Waals surface area contributed by atoms with Crippen molar-refractivity contribution in [3.8, 4) is 0 Å². The molecule has 0 fully saturated rings. The van der Waals surface area contributed by atoms with Crippen molar-refractivity contribution < 1.29 is 9.90 Å². The highest BCUT2D eigenvalue weighted by atomic mass is 79.9. The highest BCUT2D eigenvalue weighted by molar-refractivity contribution is 9.10. The molecule has 0 saturated heterocycles. The molecule has 5 heteroatoms. The van der Waals surface area contributed by atoms with Gasteiger partial charge < -0.3 is 5.11 Å². The number of hydrogen-bond donors (Lipinski definition) is 1. The molecule has 0 unspecified atom stereocenters. The number of carbonyl (C=O) groups is 1. The van der Waals surface area contributed by atoms with Crippen LogP contribution in [-0.4, -0.2) is 20.9 Å². The lowest BCUT2D eigenvalue weighted by molar-refractivity contribution is -0.131. The van der Waals surface area contributed by atoms with E-state index in [-0.39, 0.29) is 0 Å². The van der Waals surface area contributed by atoms with Crippen molar-refractivity contribution in [1.29, 1.82) is 0 Å². The highest BCUT2D eigenvalue weighted by Crippen LogP contribution is 2.19. The van der Waals surface area contributed by atoms with Crippen LogP contribution in [0.4, 0.5) is 0 Å². The lowest BCUT2D eigenvalue weighted by atomic mass is 10.4. The van der Waals surface area contributed by atoms with Crippen LogP contribution in [0, 0.1) is 13.8 Å². The molecule has 0 radical (unpaired) electrons. The summed E-state index contributed by atoms with van der Waals surface area (Å²) < 4.78 is 2.72. The quantitative estimate of drug-likeness (QED) is 0.843. The van der Waals surface area contributed by atoms with Gasteiger partial charge in [0.25, 0.3) is 0 Å². The van der Waals surface area contributed by atoms with Crippen molar-refractivity contribution in [2.24, 2.45) is 0 Å². The molecule has 1 heterocycles. The summed E-state index contributed by atoms with van der Waals surface area (Å²) in [6, 6.07) is 0. The lowest BCUT2D eigenvalue weighted by Crippen LogP contribution is -2.00. The predicted molar refractivity (Wildman–Crippen MR) is 56.2 cm³/mol. The minimum absolute atomic E-state index is 0.477. The molecule has 0 amide bonds. The van der Waals surface area contributed by atoms with Crippen LogP contribution < -0.4 is 0 Å². The molecular formula is C9H11BrN2O2. The standard InChI is InChI=1S/C9H11BrN2O2/c1-6-9(10)7(2)12(11-6)5-3-4-8(13)14/h3-4H,5H2,1-2H3,(H,13,14). The molecule has 0 aliphatic heterocycles. The van der Waals surface area contributed by atoms with Crippen LogP contribution in [0.3, 0.4) is 0 Å². The van der Waals surface area contributed by atoms with Gasteiger partial charge in [0, 0.05) is 6.08 Å². The maximum Gasteiger partial charge on any atom is 0.328 e. The van der Waals surface area contributed by atoms with Gasteiger partial charge in [-0.15, -0.1) is 0 Å². The van der Waals surface area contributed by atoms with Gasteiger partial charge in [-0.3, -0.25) is 4.68 Å². The lowest BCUT2D eigenvalue weighted by Gasteiger charge is -1.98. The summed E-state index contributed by atoms with van der Waals surface area (Å²) in [5, 5.41) is 12.6. The topological polar surface area (TPSA) is 55.1 Å². The second-order valence-corrected chi connectivity index (χ2v) is 3.70. The molecule has 0 atom stereocenters. The second-order valence-electron chi connectivity index (χ2n) is 2.91. The number of carboxylic acid groups (broad SMARTS) is 1. The third-order valence-corrected chi connectivity index (χ3v) is 2.98. The van der Waals surface area contributed by atoms with E-state index in [1.54, 1.807) is 10.8 Å². The number of aromatic nitrogens is 2. The monoisotopic (exact) mass is 258 g/mol. The number of aryl methyl sites for hydroxylation is 1. The Morgan fingerprint density at radius 3 is 2.71 bits per heavy atom. The Morgan fingerprint density at radius 2 is 2.29 bits per heavy atom. The predicted octanol–water partition coefficient (Wildman–Crippen LogP) is 1.90. The molecule has 0 bridgehead atoms. The summed E-state index contributed by atoms with van der Waals surface area (Å²) in [6.45, 7) is 4.30. The molecule has 14 heavy (non-hydrogen) atoms. The molecule has 0 aromatic carbocycles. The molecule has 1 aromatic heterocycles. The van der Waals surface area contributed by atoms with E-state index in [9.17, 15) is 4.79 Å². The summed E-state index contributed by atoms with van der Waals surface area (Å²) >= 11 is 3.40. The summed E-state index contributed by atoms with van der Waals surface area (Å²) in [6.07, 6.45) is 2.68. The Morgan fingerprint density at radius 1 is 1.64 bits per heavy atom. The first kappa shape index (κ1) is 11.0. The maximum absolute atomic E-state index is 10.2. The van der Waals surface area contributed by atoms with Crippen molar-refractivity contribution in [1.82, 2.24) is 9.78 Å². The van der Waals surface area contributed by atoms with Crippen molar-refractivity contribution >= 4 is 21.9 Å². The maximum atomic E-state index is 10.2. The zero-order valence-corrected chi connectivity index (χ0v) is 9.58. The zero-order valence-electron chi connectivity index (χ0n) is 7.99. The molecule has 1 rings (SSSR count). The zero-order chi connectivity index (χ0) is 10.7. The first-order valence-corrected chi connectivity index (χ1v) is 4.90. The van der Waals surface area contributed by atoms with Gasteiger partial charge in [0.05, 0.1) is 22.4 Å². The smallest absolute Gasteiger partial charge is 0.328 e. The van der Waals surface area contributed by atoms with Gasteiger partial charge in [0.1, 0.15) is 0 Å². The van der Waals surface area contributed by atoms with E-state index in [1.807, 2.05) is 13.8 Å². The first-order chi connectivity index (χ1) is 6.52. The van der Waals surface area contributed by atoms with Crippen molar-refractivity contribution in [2.45, 2.75) is 20.4 Å². The van der Waals surface area contributed by atoms with E-state index in [2.05, 4.69) is 21.0 Å². The van der Waals surface area contributed by atoms with Crippen LogP contribution in [0.1, 0.15) is 11.4 Å². The Bertz CT molecular complexity index is 382. The van der Waals surface area contributed by atoms with Crippen LogP contribution in [0.15, 0.2) is 16.6 Å². The highest BCUT2D eigenvalue weighted by Gasteiger charge is 2.06. The van der Waals surface area contributed by atoms with E-state index in [4.69, 9.17) is 5.11 Å². The van der Waals surface area contributed by atoms with Gasteiger partial charge in [0.2, 0.25) is 0 Å². The number of halogens is 1. The SMILES string of the molecule is Cc1nn(CC=CC(=O)O)c(C)c1Br. The fraction of sp³-hybridized carbons (Fsp3) is 0.333. The molecular weight excluding hydrogens is 248 g/mol. The molecule has 0 aliphatic carbocycles. The Kier molecular flexibility index (Phi) is 3.46. The average molecular weight is 259 g/mol. The van der Waals surface area contributed by atoms with Gasteiger partial charge in [-0.05, 0) is 29.8 Å². The average Bonchev–Trinajstić information content (AvgIpc) is 2.33. The van der Waals surface area contributed by atoms with Gasteiger partial charge in [-0.25, -0.2) is 4.79 Å². The van der Waals surface area contributed by atoms with Crippen LogP contribution in [0.5, 0.6) is 0 Å². The van der Waals surface area contributed by atoms with Gasteiger partial charge in [-0.1, -0.05) is 6.08 Å². The van der Waals surface area contributed by atoms with Gasteiger partial charge >= 0.3 is 5.97 Å². The fourth-order valence-electron chi connectivity index (χ4n) is 1.11. The van der Waals surface area contributed by atoms with Crippen LogP contribution in [0.2, 0.25) is 0 Å². The number of rotatable bonds is 3. The van der Waals surface area contributed by atoms with Crippen LogP contribution >= 0.6 is 15.9 Å². The van der Waals surface area contributed by atoms with Crippen LogP contribution in [-0.2, 0) is 11.3 Å². The summed E-state index contributed by atoms with van der Waals surface area (Å²) in [4.78, 5) is 10.2. The summed E-state index contributed by atoms with van der Waals surface area (Å²) in [7, 11) is 0. The third-order valence-electron chi connectivity index (χ3n) is 1.83. The van der Waals surface area contributed by atoms with Crippen molar-refractivity contribution in [2.75, 3.05) is 0 Å². The molecule has 4 nitrogen and oxygen atoms in total. The Labute approximate surface area is 90.4 Å². The first-order valence-electron chi connectivity index (χ1n) is 4.11. The number of aliphatic carboxylic acids is 1. The van der Waals surface area contributed by atoms with Gasteiger partial charge in [0.15, 0.2) is 0 Å². The van der Waals surface area contributed by atoms with Crippen LogP contribution in [0.25, 0.3) is 0 Å². The number of carboxylic acids is 1. The van der Waals surface area contributed by atoms with E-state index < -0.39 is 5.97 Å². The molecule has 76 valence electrons. The largest absolute Gasteiger partial charge is 0.478 e. The van der Waals surface area contributed by atoms with Crippen molar-refractivity contribution in [3.05, 3.63) is 28.0 Å². The normalized spacial score (nSPS) is 11.1. The fourth-order valence-corrected chi connectivity index (χ4v) is 1.39. The third kappa shape index (κ3) is 2.45. The number of allylic oxidation sites excluding steroid dienone is 1. The molecule has 0 saturated carbocycles. The van der Waals surface area contributed by atoms with Crippen molar-refractivity contribution in [3.63, 3.8) is 0 Å². The number of hydrogen-bond acceptors (Lipinski definition) is 2. The van der Waals surface area contributed by atoms with Gasteiger partial charge in [-0.2, -0.15) is 5.10 Å². The molecule has 1 N–H and O–H groups in total. The number of nitrogens with zero attached hydrogens (tertiary/aromatic N) is 2. The summed E-state index contributed by atoms with van der Waals surface area (Å²) in [5.74, 6) is -0.939. The van der Waals surface area contributed by atoms with E-state index in [1.165, 1.54) is 0 Å². The minimum Gasteiger partial charge on any atom is -0.478 e. The van der Waals surface area contributed by atoms with E-state index in [0.29, 0.717) is 6.54 Å².